The minimum atomic E-state index is -0.529. The van der Waals surface area contributed by atoms with Gasteiger partial charge in [0.1, 0.15) is 5.92 Å². The Balaban J connectivity index is 1.80. The van der Waals surface area contributed by atoms with Crippen LogP contribution < -0.4 is 0 Å². The van der Waals surface area contributed by atoms with Crippen LogP contribution in [-0.4, -0.2) is 24.1 Å². The molecule has 6 heteroatoms. The molecule has 3 atom stereocenters. The van der Waals surface area contributed by atoms with Crippen molar-refractivity contribution in [3.05, 3.63) is 55.5 Å². The molecule has 0 fully saturated rings. The molecule has 0 radical (unpaired) electrons. The first-order chi connectivity index (χ1) is 13.5. The molecule has 3 heterocycles. The van der Waals surface area contributed by atoms with Gasteiger partial charge < -0.3 is 4.74 Å². The molecule has 2 aromatic heterocycles. The number of rotatable bonds is 4. The average Bonchev–Trinajstić information content (AvgIpc) is 3.32. The summed E-state index contributed by atoms with van der Waals surface area (Å²) in [5, 5.41) is 2.05. The molecule has 4 rings (SSSR count). The second kappa shape index (κ2) is 7.76. The van der Waals surface area contributed by atoms with Crippen LogP contribution in [0.15, 0.2) is 45.9 Å². The van der Waals surface area contributed by atoms with E-state index < -0.39 is 5.92 Å². The molecule has 0 saturated carbocycles. The second-order valence-corrected chi connectivity index (χ2v) is 9.61. The first-order valence-electron chi connectivity index (χ1n) is 9.57. The summed E-state index contributed by atoms with van der Waals surface area (Å²) in [6.07, 6.45) is 1.22. The quantitative estimate of drug-likeness (QED) is 0.643. The van der Waals surface area contributed by atoms with Crippen molar-refractivity contribution < 1.29 is 14.3 Å². The molecule has 1 aliphatic heterocycles. The lowest BCUT2D eigenvalue weighted by Gasteiger charge is -2.35. The van der Waals surface area contributed by atoms with Crippen molar-refractivity contribution in [1.29, 1.82) is 0 Å². The zero-order valence-electron chi connectivity index (χ0n) is 16.2. The third-order valence-corrected chi connectivity index (χ3v) is 7.56. The molecule has 0 N–H and O–H groups in total. The zero-order chi connectivity index (χ0) is 19.8. The van der Waals surface area contributed by atoms with E-state index >= 15 is 0 Å². The number of allylic oxidation sites excluding steroid dienone is 2. The Kier molecular flexibility index (Phi) is 5.34. The van der Waals surface area contributed by atoms with Crippen LogP contribution in [0.2, 0.25) is 0 Å². The fourth-order valence-electron chi connectivity index (χ4n) is 4.25. The van der Waals surface area contributed by atoms with Crippen LogP contribution in [0.4, 0.5) is 0 Å². The van der Waals surface area contributed by atoms with E-state index in [1.165, 1.54) is 9.75 Å². The third-order valence-electron chi connectivity index (χ3n) is 5.44. The van der Waals surface area contributed by atoms with E-state index in [0.717, 1.165) is 28.3 Å². The van der Waals surface area contributed by atoms with Gasteiger partial charge in [0.15, 0.2) is 5.78 Å². The largest absolute Gasteiger partial charge is 0.465 e. The monoisotopic (exact) mass is 413 g/mol. The molecule has 28 heavy (non-hydrogen) atoms. The summed E-state index contributed by atoms with van der Waals surface area (Å²) in [5.41, 5.74) is 2.31. The van der Waals surface area contributed by atoms with Crippen LogP contribution >= 0.6 is 22.7 Å². The molecule has 2 aromatic rings. The Morgan fingerprint density at radius 1 is 1.21 bits per heavy atom. The first-order valence-corrected chi connectivity index (χ1v) is 11.3. The molecule has 0 spiro atoms. The maximum absolute atomic E-state index is 13.3. The standard InChI is InChI=1S/C22H23NO3S2/c1-4-26-22(25)19-13(3)23-15-10-14(17-6-5-9-27-17)11-16(24)20(15)21(19)18-8-7-12(2)28-18/h5-9,14,19,21H,4,10-11H2,1-3H3/t14-,19?,21-/m1/s1. The number of nitrogens with zero attached hydrogens (tertiary/aromatic N) is 1. The normalized spacial score (nSPS) is 24.8. The van der Waals surface area contributed by atoms with Gasteiger partial charge in [0.05, 0.1) is 6.61 Å². The Hall–Kier alpha value is -2.05. The molecular formula is C22H23NO3S2. The number of Topliss-reactive ketones (excluding diaryl/α,β-unsaturated/α-hetero) is 1. The highest BCUT2D eigenvalue weighted by molar-refractivity contribution is 7.12. The van der Waals surface area contributed by atoms with E-state index in [1.54, 1.807) is 29.6 Å². The van der Waals surface area contributed by atoms with Crippen molar-refractivity contribution in [3.8, 4) is 0 Å². The molecule has 1 aliphatic carbocycles. The molecular weight excluding hydrogens is 390 g/mol. The summed E-state index contributed by atoms with van der Waals surface area (Å²) in [4.78, 5) is 34.3. The van der Waals surface area contributed by atoms with Crippen LogP contribution in [0.1, 0.15) is 53.2 Å². The van der Waals surface area contributed by atoms with Crippen molar-refractivity contribution in [2.45, 2.75) is 45.4 Å². The zero-order valence-corrected chi connectivity index (χ0v) is 17.9. The number of carbonyl (C=O) groups excluding carboxylic acids is 2. The number of ether oxygens (including phenoxy) is 1. The maximum Gasteiger partial charge on any atom is 0.315 e. The summed E-state index contributed by atoms with van der Waals surface area (Å²) in [5.74, 6) is -0.825. The van der Waals surface area contributed by atoms with Gasteiger partial charge in [0.25, 0.3) is 0 Å². The number of carbonyl (C=O) groups is 2. The number of ketones is 1. The van der Waals surface area contributed by atoms with Crippen molar-refractivity contribution in [1.82, 2.24) is 0 Å². The van der Waals surface area contributed by atoms with Gasteiger partial charge in [-0.2, -0.15) is 0 Å². The summed E-state index contributed by atoms with van der Waals surface area (Å²) >= 11 is 3.33. The van der Waals surface area contributed by atoms with Gasteiger partial charge in [0.2, 0.25) is 0 Å². The number of thiophene rings is 2. The topological polar surface area (TPSA) is 55.7 Å². The van der Waals surface area contributed by atoms with Gasteiger partial charge >= 0.3 is 5.97 Å². The van der Waals surface area contributed by atoms with Gasteiger partial charge in [-0.25, -0.2) is 0 Å². The summed E-state index contributed by atoms with van der Waals surface area (Å²) in [6, 6.07) is 8.21. The lowest BCUT2D eigenvalue weighted by molar-refractivity contribution is -0.146. The molecule has 0 aromatic carbocycles. The van der Waals surface area contributed by atoms with Crippen molar-refractivity contribution in [2.24, 2.45) is 10.9 Å². The smallest absolute Gasteiger partial charge is 0.315 e. The Bertz CT molecular complexity index is 968. The molecule has 2 aliphatic rings. The SMILES string of the molecule is CCOC(=O)C1C(C)=NC2=C(C(=O)C[C@H](c3cccs3)C2)[C@@H]1c1ccc(C)s1. The van der Waals surface area contributed by atoms with E-state index in [4.69, 9.17) is 9.73 Å². The summed E-state index contributed by atoms with van der Waals surface area (Å²) in [6.45, 7) is 6.05. The van der Waals surface area contributed by atoms with E-state index in [9.17, 15) is 9.59 Å². The van der Waals surface area contributed by atoms with E-state index in [-0.39, 0.29) is 23.6 Å². The van der Waals surface area contributed by atoms with E-state index in [2.05, 4.69) is 6.07 Å². The predicted octanol–water partition coefficient (Wildman–Crippen LogP) is 5.26. The van der Waals surface area contributed by atoms with Crippen LogP contribution in [0.25, 0.3) is 0 Å². The second-order valence-electron chi connectivity index (χ2n) is 7.31. The van der Waals surface area contributed by atoms with Crippen LogP contribution in [0, 0.1) is 12.8 Å². The highest BCUT2D eigenvalue weighted by Crippen LogP contribution is 2.48. The Labute approximate surface area is 173 Å². The fourth-order valence-corrected chi connectivity index (χ4v) is 6.11. The minimum absolute atomic E-state index is 0.112. The van der Waals surface area contributed by atoms with Crippen LogP contribution in [0.3, 0.4) is 0 Å². The molecule has 0 amide bonds. The lowest BCUT2D eigenvalue weighted by Crippen LogP contribution is -2.37. The van der Waals surface area contributed by atoms with Crippen molar-refractivity contribution in [3.63, 3.8) is 0 Å². The molecule has 4 nitrogen and oxygen atoms in total. The molecule has 0 saturated heterocycles. The fraction of sp³-hybridized carbons (Fsp3) is 0.409. The molecule has 0 bridgehead atoms. The average molecular weight is 414 g/mol. The van der Waals surface area contributed by atoms with Gasteiger partial charge in [-0.1, -0.05) is 6.07 Å². The predicted molar refractivity (Wildman–Crippen MR) is 113 cm³/mol. The summed E-state index contributed by atoms with van der Waals surface area (Å²) < 4.78 is 5.36. The Morgan fingerprint density at radius 2 is 2.04 bits per heavy atom. The van der Waals surface area contributed by atoms with Gasteiger partial charge in [0, 0.05) is 49.9 Å². The van der Waals surface area contributed by atoms with Crippen molar-refractivity contribution >= 4 is 40.1 Å². The summed E-state index contributed by atoms with van der Waals surface area (Å²) in [7, 11) is 0. The highest BCUT2D eigenvalue weighted by atomic mass is 32.1. The van der Waals surface area contributed by atoms with E-state index in [1.807, 2.05) is 37.4 Å². The van der Waals surface area contributed by atoms with E-state index in [0.29, 0.717) is 13.0 Å². The lowest BCUT2D eigenvalue weighted by atomic mass is 9.72. The first kappa shape index (κ1) is 19.3. The maximum atomic E-state index is 13.3. The highest BCUT2D eigenvalue weighted by Gasteiger charge is 2.45. The van der Waals surface area contributed by atoms with Crippen molar-refractivity contribution in [2.75, 3.05) is 6.61 Å². The molecule has 1 unspecified atom stereocenters. The minimum Gasteiger partial charge on any atom is -0.465 e. The molecule has 146 valence electrons. The number of aliphatic imine (C=N–C) groups is 1. The van der Waals surface area contributed by atoms with Gasteiger partial charge in [-0.05, 0) is 50.8 Å². The number of hydrogen-bond acceptors (Lipinski definition) is 6. The Morgan fingerprint density at radius 3 is 2.68 bits per heavy atom. The van der Waals surface area contributed by atoms with Crippen LogP contribution in [-0.2, 0) is 14.3 Å². The van der Waals surface area contributed by atoms with Crippen LogP contribution in [0.5, 0.6) is 0 Å². The van der Waals surface area contributed by atoms with Gasteiger partial charge in [-0.3, -0.25) is 14.6 Å². The third kappa shape index (κ3) is 3.40. The number of hydrogen-bond donors (Lipinski definition) is 0. The van der Waals surface area contributed by atoms with Gasteiger partial charge in [-0.15, -0.1) is 22.7 Å². The number of aryl methyl sites for hydroxylation is 1. The number of esters is 1.